The molecule has 0 radical (unpaired) electrons. The fraction of sp³-hybridized carbons (Fsp3) is 0.167. The largest absolute Gasteiger partial charge is 0.446 e. The maximum absolute atomic E-state index is 12.2. The van der Waals surface area contributed by atoms with Crippen LogP contribution in [0.3, 0.4) is 0 Å². The number of carbonyl (C=O) groups is 1. The number of aryl methyl sites for hydroxylation is 1. The van der Waals surface area contributed by atoms with Gasteiger partial charge in [-0.3, -0.25) is 9.48 Å². The third-order valence-electron chi connectivity index (χ3n) is 2.58. The molecule has 0 aliphatic rings. The average Bonchev–Trinajstić information content (AvgIpc) is 2.71. The van der Waals surface area contributed by atoms with Crippen molar-refractivity contribution in [1.29, 1.82) is 0 Å². The standard InChI is InChI=1S/C12H11F3N4OS/c1-19-10(16)9(6-17-19)11(20)18-7-2-4-8(5-3-7)21-12(13,14)15/h2-6H,16H2,1H3,(H,18,20). The molecule has 0 fully saturated rings. The van der Waals surface area contributed by atoms with Gasteiger partial charge in [0.2, 0.25) is 0 Å². The van der Waals surface area contributed by atoms with Crippen LogP contribution >= 0.6 is 11.8 Å². The van der Waals surface area contributed by atoms with Crippen LogP contribution in [0.15, 0.2) is 35.4 Å². The van der Waals surface area contributed by atoms with E-state index in [0.717, 1.165) is 0 Å². The number of carbonyl (C=O) groups excluding carboxylic acids is 1. The number of aromatic nitrogens is 2. The number of benzene rings is 1. The maximum atomic E-state index is 12.2. The molecule has 0 spiro atoms. The fourth-order valence-corrected chi connectivity index (χ4v) is 2.10. The Morgan fingerprint density at radius 1 is 1.33 bits per heavy atom. The minimum Gasteiger partial charge on any atom is -0.383 e. The van der Waals surface area contributed by atoms with Crippen LogP contribution < -0.4 is 11.1 Å². The second-order valence-electron chi connectivity index (χ2n) is 4.09. The number of nitrogens with zero attached hydrogens (tertiary/aromatic N) is 2. The lowest BCUT2D eigenvalue weighted by Crippen LogP contribution is -2.13. The highest BCUT2D eigenvalue weighted by molar-refractivity contribution is 8.00. The molecule has 0 saturated carbocycles. The van der Waals surface area contributed by atoms with Crippen molar-refractivity contribution >= 4 is 29.2 Å². The van der Waals surface area contributed by atoms with Gasteiger partial charge in [-0.2, -0.15) is 18.3 Å². The highest BCUT2D eigenvalue weighted by atomic mass is 32.2. The molecule has 2 aromatic rings. The number of hydrogen-bond acceptors (Lipinski definition) is 4. The summed E-state index contributed by atoms with van der Waals surface area (Å²) in [7, 11) is 1.59. The minimum absolute atomic E-state index is 0.0430. The van der Waals surface area contributed by atoms with E-state index in [1.807, 2.05) is 0 Å². The van der Waals surface area contributed by atoms with Crippen LogP contribution in [0.5, 0.6) is 0 Å². The Morgan fingerprint density at radius 2 is 1.95 bits per heavy atom. The van der Waals surface area contributed by atoms with Crippen molar-refractivity contribution in [2.24, 2.45) is 7.05 Å². The van der Waals surface area contributed by atoms with E-state index in [2.05, 4.69) is 10.4 Å². The van der Waals surface area contributed by atoms with Crippen molar-refractivity contribution in [2.75, 3.05) is 11.1 Å². The molecule has 1 aromatic carbocycles. The third-order valence-corrected chi connectivity index (χ3v) is 3.31. The molecule has 5 nitrogen and oxygen atoms in total. The summed E-state index contributed by atoms with van der Waals surface area (Å²) in [4.78, 5) is 12.0. The van der Waals surface area contributed by atoms with Gasteiger partial charge in [-0.05, 0) is 36.0 Å². The van der Waals surface area contributed by atoms with E-state index in [9.17, 15) is 18.0 Å². The quantitative estimate of drug-likeness (QED) is 0.854. The van der Waals surface area contributed by atoms with Crippen molar-refractivity contribution in [3.63, 3.8) is 0 Å². The normalized spacial score (nSPS) is 11.4. The molecule has 1 aromatic heterocycles. The fourth-order valence-electron chi connectivity index (χ4n) is 1.56. The number of anilines is 2. The average molecular weight is 316 g/mol. The van der Waals surface area contributed by atoms with Gasteiger partial charge in [-0.1, -0.05) is 0 Å². The lowest BCUT2D eigenvalue weighted by molar-refractivity contribution is -0.0328. The summed E-state index contributed by atoms with van der Waals surface area (Å²) in [5, 5.41) is 6.38. The smallest absolute Gasteiger partial charge is 0.383 e. The van der Waals surface area contributed by atoms with Crippen LogP contribution in [0.2, 0.25) is 0 Å². The summed E-state index contributed by atoms with van der Waals surface area (Å²) in [5.74, 6) is -0.270. The SMILES string of the molecule is Cn1ncc(C(=O)Nc2ccc(SC(F)(F)F)cc2)c1N. The third kappa shape index (κ3) is 3.91. The van der Waals surface area contributed by atoms with Gasteiger partial charge < -0.3 is 11.1 Å². The van der Waals surface area contributed by atoms with Crippen molar-refractivity contribution in [3.05, 3.63) is 36.0 Å². The lowest BCUT2D eigenvalue weighted by atomic mass is 10.2. The molecule has 0 saturated heterocycles. The second-order valence-corrected chi connectivity index (χ2v) is 5.23. The van der Waals surface area contributed by atoms with Gasteiger partial charge in [-0.25, -0.2) is 0 Å². The lowest BCUT2D eigenvalue weighted by Gasteiger charge is -2.07. The van der Waals surface area contributed by atoms with Gasteiger partial charge in [0, 0.05) is 17.6 Å². The zero-order valence-electron chi connectivity index (χ0n) is 10.8. The van der Waals surface area contributed by atoms with Crippen molar-refractivity contribution in [1.82, 2.24) is 9.78 Å². The van der Waals surface area contributed by atoms with E-state index in [1.54, 1.807) is 7.05 Å². The zero-order valence-corrected chi connectivity index (χ0v) is 11.6. The van der Waals surface area contributed by atoms with E-state index in [0.29, 0.717) is 5.69 Å². The van der Waals surface area contributed by atoms with E-state index in [-0.39, 0.29) is 28.0 Å². The predicted molar refractivity (Wildman–Crippen MR) is 73.9 cm³/mol. The Morgan fingerprint density at radius 3 is 2.43 bits per heavy atom. The minimum atomic E-state index is -4.34. The van der Waals surface area contributed by atoms with Crippen LogP contribution in [0.25, 0.3) is 0 Å². The van der Waals surface area contributed by atoms with E-state index in [4.69, 9.17) is 5.73 Å². The molecule has 2 rings (SSSR count). The highest BCUT2D eigenvalue weighted by Crippen LogP contribution is 2.37. The Balaban J connectivity index is 2.07. The number of amides is 1. The van der Waals surface area contributed by atoms with E-state index < -0.39 is 11.4 Å². The predicted octanol–water partition coefficient (Wildman–Crippen LogP) is 2.87. The van der Waals surface area contributed by atoms with Gasteiger partial charge in [-0.15, -0.1) is 0 Å². The van der Waals surface area contributed by atoms with Gasteiger partial charge in [0.05, 0.1) is 6.20 Å². The van der Waals surface area contributed by atoms with Gasteiger partial charge in [0.15, 0.2) is 0 Å². The molecular weight excluding hydrogens is 305 g/mol. The van der Waals surface area contributed by atoms with Crippen LogP contribution in [-0.4, -0.2) is 21.2 Å². The molecule has 0 unspecified atom stereocenters. The summed E-state index contributed by atoms with van der Waals surface area (Å²) in [5.41, 5.74) is 1.89. The Bertz CT molecular complexity index is 652. The summed E-state index contributed by atoms with van der Waals surface area (Å²) < 4.78 is 37.9. The van der Waals surface area contributed by atoms with Crippen LogP contribution in [-0.2, 0) is 7.05 Å². The number of nitrogens with one attached hydrogen (secondary N) is 1. The zero-order chi connectivity index (χ0) is 15.6. The first-order valence-electron chi connectivity index (χ1n) is 5.71. The number of thioether (sulfide) groups is 1. The van der Waals surface area contributed by atoms with Gasteiger partial charge in [0.1, 0.15) is 11.4 Å². The van der Waals surface area contributed by atoms with Crippen LogP contribution in [0.1, 0.15) is 10.4 Å². The molecule has 0 bridgehead atoms. The molecular formula is C12H11F3N4OS. The molecule has 112 valence electrons. The number of alkyl halides is 3. The number of nitrogen functional groups attached to an aromatic ring is 1. The Hall–Kier alpha value is -2.16. The van der Waals surface area contributed by atoms with Gasteiger partial charge >= 0.3 is 5.51 Å². The highest BCUT2D eigenvalue weighted by Gasteiger charge is 2.29. The topological polar surface area (TPSA) is 72.9 Å². The van der Waals surface area contributed by atoms with E-state index >= 15 is 0 Å². The first-order chi connectivity index (χ1) is 9.76. The number of nitrogens with two attached hydrogens (primary N) is 1. The first kappa shape index (κ1) is 15.2. The summed E-state index contributed by atoms with van der Waals surface area (Å²) in [6.45, 7) is 0. The first-order valence-corrected chi connectivity index (χ1v) is 6.52. The molecule has 1 heterocycles. The molecule has 0 aliphatic heterocycles. The Kier molecular flexibility index (Phi) is 4.12. The molecule has 3 N–H and O–H groups in total. The molecule has 9 heteroatoms. The van der Waals surface area contributed by atoms with Crippen molar-refractivity contribution in [2.45, 2.75) is 10.4 Å². The van der Waals surface area contributed by atoms with Crippen LogP contribution in [0, 0.1) is 0 Å². The van der Waals surface area contributed by atoms with Crippen LogP contribution in [0.4, 0.5) is 24.7 Å². The number of hydrogen-bond donors (Lipinski definition) is 2. The molecule has 0 aliphatic carbocycles. The Labute approximate surface area is 122 Å². The molecule has 21 heavy (non-hydrogen) atoms. The summed E-state index contributed by atoms with van der Waals surface area (Å²) in [6.07, 6.45) is 1.32. The van der Waals surface area contributed by atoms with Crippen molar-refractivity contribution < 1.29 is 18.0 Å². The second kappa shape index (κ2) is 5.68. The molecule has 0 atom stereocenters. The van der Waals surface area contributed by atoms with E-state index in [1.165, 1.54) is 35.1 Å². The monoisotopic (exact) mass is 316 g/mol. The molecule has 1 amide bonds. The summed E-state index contributed by atoms with van der Waals surface area (Å²) >= 11 is -0.216. The van der Waals surface area contributed by atoms with Gasteiger partial charge in [0.25, 0.3) is 5.91 Å². The number of halogens is 3. The maximum Gasteiger partial charge on any atom is 0.446 e. The van der Waals surface area contributed by atoms with Crippen molar-refractivity contribution in [3.8, 4) is 0 Å². The summed E-state index contributed by atoms with van der Waals surface area (Å²) in [6, 6.07) is 5.33. The number of rotatable bonds is 3.